The molecule has 4 heterocycles. The summed E-state index contributed by atoms with van der Waals surface area (Å²) < 4.78 is 53.0. The Labute approximate surface area is 400 Å². The fourth-order valence-electron chi connectivity index (χ4n) is 10.7. The van der Waals surface area contributed by atoms with Crippen molar-refractivity contribution in [1.29, 1.82) is 0 Å². The summed E-state index contributed by atoms with van der Waals surface area (Å²) in [5, 5.41) is 12.6. The van der Waals surface area contributed by atoms with E-state index >= 15 is 9.59 Å². The summed E-state index contributed by atoms with van der Waals surface area (Å²) >= 11 is 12.8. The molecule has 2 aromatic heterocycles. The number of pyridine rings is 1. The molecule has 11 rings (SSSR count). The molecule has 4 aliphatic rings. The number of nitrogens with zero attached hydrogens (tertiary/aromatic N) is 4. The Morgan fingerprint density at radius 2 is 1.58 bits per heavy atom. The zero-order valence-electron chi connectivity index (χ0n) is 35.9. The number of allylic oxidation sites excluding steroid dienone is 2. The first-order chi connectivity index (χ1) is 33.2. The molecule has 4 amide bonds. The molecule has 12 nitrogen and oxygen atoms in total. The number of hydrogen-bond acceptors (Lipinski definition) is 10. The van der Waals surface area contributed by atoms with E-state index in [0.717, 1.165) is 10.5 Å². The van der Waals surface area contributed by atoms with Gasteiger partial charge in [-0.05, 0) is 90.6 Å². The van der Waals surface area contributed by atoms with Crippen LogP contribution in [0.2, 0.25) is 10.0 Å². The van der Waals surface area contributed by atoms with Crippen LogP contribution in [0.1, 0.15) is 41.0 Å². The molecule has 2 aliphatic heterocycles. The number of para-hydroxylation sites is 2. The van der Waals surface area contributed by atoms with E-state index in [0.29, 0.717) is 67.4 Å². The first-order valence-corrected chi connectivity index (χ1v) is 22.6. The molecule has 2 aliphatic carbocycles. The Bertz CT molecular complexity index is 3240. The van der Waals surface area contributed by atoms with Crippen LogP contribution in [0.4, 0.5) is 24.7 Å². The number of benzene rings is 5. The third kappa shape index (κ3) is 7.21. The van der Waals surface area contributed by atoms with Gasteiger partial charge in [0, 0.05) is 34.3 Å². The van der Waals surface area contributed by atoms with Crippen LogP contribution in [0.15, 0.2) is 150 Å². The summed E-state index contributed by atoms with van der Waals surface area (Å²) in [7, 11) is 0. The molecule has 0 spiro atoms. The van der Waals surface area contributed by atoms with Crippen LogP contribution in [-0.4, -0.2) is 43.7 Å². The van der Waals surface area contributed by atoms with Crippen molar-refractivity contribution in [3.8, 4) is 23.0 Å². The van der Waals surface area contributed by atoms with Gasteiger partial charge in [-0.2, -0.15) is 18.2 Å². The number of imide groups is 2. The summed E-state index contributed by atoms with van der Waals surface area (Å²) in [5.41, 5.74) is 3.77. The number of rotatable bonds is 9. The molecule has 0 bridgehead atoms. The lowest BCUT2D eigenvalue weighted by Crippen LogP contribution is -2.53. The number of carbonyl (C=O) groups is 4. The van der Waals surface area contributed by atoms with E-state index in [9.17, 15) is 27.9 Å². The van der Waals surface area contributed by atoms with Crippen LogP contribution in [0.25, 0.3) is 22.6 Å². The number of fused-ring (bicyclic) bond motifs is 5. The lowest BCUT2D eigenvalue weighted by Gasteiger charge is -2.50. The zero-order valence-corrected chi connectivity index (χ0v) is 37.4. The second kappa shape index (κ2) is 16.6. The maximum atomic E-state index is 15.6. The number of hydrogen-bond donors (Lipinski definition) is 2. The van der Waals surface area contributed by atoms with Gasteiger partial charge in [0.2, 0.25) is 17.7 Å². The minimum Gasteiger partial charge on any atom is -0.508 e. The minimum absolute atomic E-state index is 0.0879. The van der Waals surface area contributed by atoms with E-state index in [2.05, 4.69) is 15.4 Å². The van der Waals surface area contributed by atoms with Gasteiger partial charge in [-0.3, -0.25) is 29.5 Å². The number of aromatic nitrogens is 2. The van der Waals surface area contributed by atoms with E-state index in [4.69, 9.17) is 32.4 Å². The van der Waals surface area contributed by atoms with Crippen LogP contribution in [-0.2, 0) is 37.4 Å². The number of ether oxygens (including phenoxy) is 1. The highest BCUT2D eigenvalue weighted by molar-refractivity contribution is 6.33. The molecule has 69 heavy (non-hydrogen) atoms. The van der Waals surface area contributed by atoms with E-state index in [1.165, 1.54) is 6.07 Å². The highest BCUT2D eigenvalue weighted by atomic mass is 35.5. The maximum absolute atomic E-state index is 15.6. The second-order valence-corrected chi connectivity index (χ2v) is 18.3. The molecular formula is C52H36Cl2F3N5O7. The first-order valence-electron chi connectivity index (χ1n) is 21.9. The maximum Gasteiger partial charge on any atom is 0.417 e. The Morgan fingerprint density at radius 1 is 0.841 bits per heavy atom. The molecule has 3 fully saturated rings. The lowest BCUT2D eigenvalue weighted by molar-refractivity contribution is -0.139. The largest absolute Gasteiger partial charge is 0.508 e. The Balaban J connectivity index is 1.01. The number of oxazole rings is 1. The summed E-state index contributed by atoms with van der Waals surface area (Å²) in [4.78, 5) is 69.8. The van der Waals surface area contributed by atoms with Gasteiger partial charge in [0.25, 0.3) is 11.8 Å². The molecule has 1 saturated carbocycles. The standard InChI is InChI=1S/C52H36Cl2F3N5O7/c53-31-14-12-29(13-15-31)51-38(48(65)62(50(51)67)60-45-39(54)22-30(25-58-45)52(55,56)57)24-37-34(44(51)35-19-18-33(23-41(35)63)68-26-27-6-2-1-3-7-27)20-21-36-43(37)49(66)61(47(36)64)32-16-10-28(11-17-32)46-59-40-8-4-5-9-42(40)69-46/h1-20,22-23,25,36-38,43-44,63H,21,24,26H2,(H,58,60)/t36-,37+,38-,43-,44+,51+/m0/s1. The molecule has 5 aromatic carbocycles. The van der Waals surface area contributed by atoms with Gasteiger partial charge in [0.15, 0.2) is 11.4 Å². The monoisotopic (exact) mass is 969 g/mol. The van der Waals surface area contributed by atoms with Crippen molar-refractivity contribution in [2.75, 3.05) is 10.3 Å². The van der Waals surface area contributed by atoms with Gasteiger partial charge in [0.1, 0.15) is 23.6 Å². The van der Waals surface area contributed by atoms with E-state index in [-0.39, 0.29) is 30.8 Å². The lowest BCUT2D eigenvalue weighted by atomic mass is 9.49. The number of nitrogens with one attached hydrogen (secondary N) is 1. The first kappa shape index (κ1) is 44.0. The fraction of sp³-hybridized carbons (Fsp3) is 0.192. The quantitative estimate of drug-likeness (QED) is 0.105. The van der Waals surface area contributed by atoms with Crippen molar-refractivity contribution < 1.29 is 46.6 Å². The van der Waals surface area contributed by atoms with Gasteiger partial charge in [-0.25, -0.2) is 9.97 Å². The predicted molar refractivity (Wildman–Crippen MR) is 248 cm³/mol. The van der Waals surface area contributed by atoms with Gasteiger partial charge in [-0.1, -0.05) is 95.5 Å². The number of carbonyl (C=O) groups excluding carboxylic acids is 4. The summed E-state index contributed by atoms with van der Waals surface area (Å²) in [6.07, 6.45) is -2.46. The number of halogens is 5. The third-order valence-electron chi connectivity index (χ3n) is 13.8. The van der Waals surface area contributed by atoms with Gasteiger partial charge < -0.3 is 14.3 Å². The highest BCUT2D eigenvalue weighted by Crippen LogP contribution is 2.65. The molecule has 17 heteroatoms. The average Bonchev–Trinajstić information content (AvgIpc) is 3.96. The molecule has 0 unspecified atom stereocenters. The number of aromatic hydroxyl groups is 1. The van der Waals surface area contributed by atoms with E-state index in [1.54, 1.807) is 66.7 Å². The number of alkyl halides is 3. The molecule has 2 N–H and O–H groups in total. The van der Waals surface area contributed by atoms with Crippen LogP contribution in [0.5, 0.6) is 11.5 Å². The smallest absolute Gasteiger partial charge is 0.417 e. The van der Waals surface area contributed by atoms with Crippen molar-refractivity contribution >= 4 is 69.4 Å². The van der Waals surface area contributed by atoms with Crippen LogP contribution in [0.3, 0.4) is 0 Å². The molecule has 0 radical (unpaired) electrons. The van der Waals surface area contributed by atoms with Gasteiger partial charge >= 0.3 is 6.18 Å². The topological polar surface area (TPSA) is 155 Å². The normalized spacial score (nSPS) is 23.2. The van der Waals surface area contributed by atoms with Crippen LogP contribution < -0.4 is 15.1 Å². The zero-order chi connectivity index (χ0) is 47.9. The van der Waals surface area contributed by atoms with Gasteiger partial charge in [-0.15, -0.1) is 0 Å². The molecular weight excluding hydrogens is 934 g/mol. The second-order valence-electron chi connectivity index (χ2n) is 17.5. The van der Waals surface area contributed by atoms with Gasteiger partial charge in [0.05, 0.1) is 39.4 Å². The molecule has 6 atom stereocenters. The molecule has 2 saturated heterocycles. The average molecular weight is 971 g/mol. The summed E-state index contributed by atoms with van der Waals surface area (Å²) in [6.45, 7) is 0.177. The Kier molecular flexibility index (Phi) is 10.6. The summed E-state index contributed by atoms with van der Waals surface area (Å²) in [6, 6.07) is 35.0. The number of phenolic OH excluding ortho intramolecular Hbond substituents is 1. The number of anilines is 2. The highest BCUT2D eigenvalue weighted by Gasteiger charge is 2.71. The molecule has 7 aromatic rings. The van der Waals surface area contributed by atoms with Crippen LogP contribution >= 0.6 is 23.2 Å². The number of phenols is 1. The van der Waals surface area contributed by atoms with Crippen molar-refractivity contribution in [3.63, 3.8) is 0 Å². The predicted octanol–water partition coefficient (Wildman–Crippen LogP) is 10.7. The van der Waals surface area contributed by atoms with Crippen molar-refractivity contribution in [2.45, 2.75) is 37.0 Å². The number of hydrazine groups is 1. The summed E-state index contributed by atoms with van der Waals surface area (Å²) in [5.74, 6) is -7.72. The van der Waals surface area contributed by atoms with Crippen molar-refractivity contribution in [1.82, 2.24) is 15.0 Å². The SMILES string of the molecule is O=C1[C@@H]2C[C@@H]3C(=CC[C@@H]4C(=O)N(c5ccc(-c6nc7ccccc7o6)cc5)C(=O)[C@@H]43)[C@H](c3ccc(OCc4ccccc4)cc3O)[C@]2(c2ccc(Cl)cc2)C(=O)N1Nc1ncc(C(F)(F)F)cc1Cl. The van der Waals surface area contributed by atoms with Crippen molar-refractivity contribution in [2.24, 2.45) is 23.7 Å². The van der Waals surface area contributed by atoms with E-state index in [1.807, 2.05) is 54.6 Å². The van der Waals surface area contributed by atoms with Crippen LogP contribution in [0, 0.1) is 23.7 Å². The Hall–Kier alpha value is -7.49. The molecule has 346 valence electrons. The number of amides is 4. The minimum atomic E-state index is -4.79. The third-order valence-corrected chi connectivity index (χ3v) is 14.3. The Morgan fingerprint density at radius 3 is 2.29 bits per heavy atom. The fourth-order valence-corrected chi connectivity index (χ4v) is 11.1. The van der Waals surface area contributed by atoms with E-state index < -0.39 is 81.2 Å². The van der Waals surface area contributed by atoms with Crippen molar-refractivity contribution in [3.05, 3.63) is 178 Å².